The largest absolute Gasteiger partial charge is 0.466 e. The summed E-state index contributed by atoms with van der Waals surface area (Å²) in [5, 5.41) is 8.16. The second kappa shape index (κ2) is 4.18. The first-order valence-electron chi connectivity index (χ1n) is 4.91. The van der Waals surface area contributed by atoms with Gasteiger partial charge in [-0.25, -0.2) is 4.79 Å². The molecule has 1 N–H and O–H groups in total. The molecule has 1 heterocycles. The number of H-pyrrole nitrogens is 1. The molecule has 2 aromatic rings. The number of nitrogens with zero attached hydrogens (tertiary/aromatic N) is 1. The van der Waals surface area contributed by atoms with Crippen LogP contribution in [0.15, 0.2) is 24.3 Å². The van der Waals surface area contributed by atoms with Crippen LogP contribution in [0.5, 0.6) is 0 Å². The number of esters is 1. The minimum atomic E-state index is -0.363. The second-order valence-corrected chi connectivity index (χ2v) is 3.48. The maximum absolute atomic E-state index is 10.9. The van der Waals surface area contributed by atoms with Crippen molar-refractivity contribution in [3.8, 4) is 0 Å². The van der Waals surface area contributed by atoms with Crippen LogP contribution >= 0.6 is 0 Å². The van der Waals surface area contributed by atoms with E-state index in [-0.39, 0.29) is 5.97 Å². The van der Waals surface area contributed by atoms with E-state index in [9.17, 15) is 4.79 Å². The molecule has 0 aliphatic heterocycles. The van der Waals surface area contributed by atoms with E-state index in [1.54, 1.807) is 6.08 Å². The number of fused-ring (bicyclic) bond motifs is 1. The summed E-state index contributed by atoms with van der Waals surface area (Å²) >= 11 is 0. The Morgan fingerprint density at radius 3 is 3.06 bits per heavy atom. The van der Waals surface area contributed by atoms with Gasteiger partial charge < -0.3 is 4.74 Å². The molecule has 0 amide bonds. The maximum Gasteiger partial charge on any atom is 0.330 e. The van der Waals surface area contributed by atoms with Crippen molar-refractivity contribution in [3.63, 3.8) is 0 Å². The second-order valence-electron chi connectivity index (χ2n) is 3.48. The number of carbonyl (C=O) groups excluding carboxylic acids is 1. The first kappa shape index (κ1) is 10.4. The summed E-state index contributed by atoms with van der Waals surface area (Å²) in [6.45, 7) is 1.97. The summed E-state index contributed by atoms with van der Waals surface area (Å²) in [5.41, 5.74) is 2.85. The lowest BCUT2D eigenvalue weighted by Crippen LogP contribution is -1.93. The fourth-order valence-corrected chi connectivity index (χ4v) is 1.50. The number of carbonyl (C=O) groups is 1. The van der Waals surface area contributed by atoms with Crippen LogP contribution in [0.2, 0.25) is 0 Å². The molecule has 0 saturated carbocycles. The van der Waals surface area contributed by atoms with E-state index in [1.807, 2.05) is 25.1 Å². The number of benzene rings is 1. The van der Waals surface area contributed by atoms with Crippen LogP contribution in [0.3, 0.4) is 0 Å². The highest BCUT2D eigenvalue weighted by atomic mass is 16.5. The molecule has 0 atom stereocenters. The molecule has 0 saturated heterocycles. The Morgan fingerprint density at radius 2 is 2.31 bits per heavy atom. The highest BCUT2D eigenvalue weighted by Gasteiger charge is 2.01. The number of aromatic amines is 1. The van der Waals surface area contributed by atoms with Crippen molar-refractivity contribution in [1.29, 1.82) is 0 Å². The van der Waals surface area contributed by atoms with Crippen LogP contribution in [-0.4, -0.2) is 23.3 Å². The quantitative estimate of drug-likeness (QED) is 0.617. The minimum absolute atomic E-state index is 0.363. The molecule has 0 radical (unpaired) electrons. The Hall–Kier alpha value is -2.10. The van der Waals surface area contributed by atoms with Gasteiger partial charge in [0.05, 0.1) is 12.6 Å². The van der Waals surface area contributed by atoms with Crippen molar-refractivity contribution < 1.29 is 9.53 Å². The molecule has 4 nitrogen and oxygen atoms in total. The third-order valence-electron chi connectivity index (χ3n) is 2.38. The van der Waals surface area contributed by atoms with Gasteiger partial charge in [0.15, 0.2) is 0 Å². The average molecular weight is 216 g/mol. The molecule has 0 aliphatic rings. The summed E-state index contributed by atoms with van der Waals surface area (Å²) in [6.07, 6.45) is 3.09. The van der Waals surface area contributed by atoms with Gasteiger partial charge in [0.1, 0.15) is 0 Å². The van der Waals surface area contributed by atoms with Crippen LogP contribution in [0.1, 0.15) is 11.3 Å². The molecule has 4 heteroatoms. The fraction of sp³-hybridized carbons (Fsp3) is 0.167. The third-order valence-corrected chi connectivity index (χ3v) is 2.38. The number of hydrogen-bond donors (Lipinski definition) is 1. The number of nitrogens with one attached hydrogen (secondary N) is 1. The number of ether oxygens (including phenoxy) is 1. The van der Waals surface area contributed by atoms with Gasteiger partial charge in [0, 0.05) is 17.2 Å². The molecular weight excluding hydrogens is 204 g/mol. The van der Waals surface area contributed by atoms with Crippen molar-refractivity contribution in [2.24, 2.45) is 0 Å². The molecule has 0 spiro atoms. The van der Waals surface area contributed by atoms with Gasteiger partial charge in [0.2, 0.25) is 0 Å². The monoisotopic (exact) mass is 216 g/mol. The number of aryl methyl sites for hydroxylation is 1. The summed E-state index contributed by atoms with van der Waals surface area (Å²) in [4.78, 5) is 10.9. The highest BCUT2D eigenvalue weighted by molar-refractivity contribution is 5.89. The lowest BCUT2D eigenvalue weighted by atomic mass is 10.1. The summed E-state index contributed by atoms with van der Waals surface area (Å²) in [6, 6.07) is 5.83. The Balaban J connectivity index is 2.33. The molecule has 2 rings (SSSR count). The normalized spacial score (nSPS) is 11.1. The smallest absolute Gasteiger partial charge is 0.330 e. The van der Waals surface area contributed by atoms with E-state index in [0.717, 1.165) is 22.2 Å². The van der Waals surface area contributed by atoms with Crippen LogP contribution in [-0.2, 0) is 9.53 Å². The lowest BCUT2D eigenvalue weighted by Gasteiger charge is -1.94. The van der Waals surface area contributed by atoms with Crippen molar-refractivity contribution in [1.82, 2.24) is 10.2 Å². The number of rotatable bonds is 2. The zero-order chi connectivity index (χ0) is 11.5. The minimum Gasteiger partial charge on any atom is -0.466 e. The SMILES string of the molecule is COC(=O)/C=C/c1ccc2c(C)[nH]nc2c1. The van der Waals surface area contributed by atoms with Gasteiger partial charge in [-0.1, -0.05) is 12.1 Å². The summed E-state index contributed by atoms with van der Waals surface area (Å²) in [5.74, 6) is -0.363. The van der Waals surface area contributed by atoms with E-state index in [4.69, 9.17) is 0 Å². The zero-order valence-corrected chi connectivity index (χ0v) is 9.15. The molecule has 16 heavy (non-hydrogen) atoms. The van der Waals surface area contributed by atoms with Gasteiger partial charge in [-0.15, -0.1) is 0 Å². The first-order valence-corrected chi connectivity index (χ1v) is 4.91. The van der Waals surface area contributed by atoms with Crippen molar-refractivity contribution in [2.45, 2.75) is 6.92 Å². The maximum atomic E-state index is 10.9. The third kappa shape index (κ3) is 1.95. The standard InChI is InChI=1S/C12H12N2O2/c1-8-10-5-3-9(4-6-12(15)16-2)7-11(10)14-13-8/h3-7H,1-2H3,(H,13,14)/b6-4+. The molecular formula is C12H12N2O2. The van der Waals surface area contributed by atoms with Crippen LogP contribution in [0.25, 0.3) is 17.0 Å². The van der Waals surface area contributed by atoms with Crippen molar-refractivity contribution in [3.05, 3.63) is 35.5 Å². The molecule has 0 fully saturated rings. The Bertz CT molecular complexity index is 555. The van der Waals surface area contributed by atoms with E-state index in [1.165, 1.54) is 13.2 Å². The predicted octanol–water partition coefficient (Wildman–Crippen LogP) is 2.06. The molecule has 0 bridgehead atoms. The lowest BCUT2D eigenvalue weighted by molar-refractivity contribution is -0.134. The molecule has 1 aromatic carbocycles. The predicted molar refractivity (Wildman–Crippen MR) is 61.9 cm³/mol. The Morgan fingerprint density at radius 1 is 1.50 bits per heavy atom. The zero-order valence-electron chi connectivity index (χ0n) is 9.15. The average Bonchev–Trinajstić information content (AvgIpc) is 2.67. The van der Waals surface area contributed by atoms with Crippen molar-refractivity contribution in [2.75, 3.05) is 7.11 Å². The highest BCUT2D eigenvalue weighted by Crippen LogP contribution is 2.17. The van der Waals surface area contributed by atoms with E-state index in [2.05, 4.69) is 14.9 Å². The number of methoxy groups -OCH3 is 1. The molecule has 82 valence electrons. The van der Waals surface area contributed by atoms with Crippen molar-refractivity contribution >= 4 is 22.9 Å². The fourth-order valence-electron chi connectivity index (χ4n) is 1.50. The van der Waals surface area contributed by atoms with E-state index >= 15 is 0 Å². The van der Waals surface area contributed by atoms with E-state index < -0.39 is 0 Å². The van der Waals surface area contributed by atoms with Gasteiger partial charge in [-0.05, 0) is 24.6 Å². The summed E-state index contributed by atoms with van der Waals surface area (Å²) in [7, 11) is 1.35. The van der Waals surface area contributed by atoms with E-state index in [0.29, 0.717) is 0 Å². The first-order chi connectivity index (χ1) is 7.70. The van der Waals surface area contributed by atoms with Gasteiger partial charge in [0.25, 0.3) is 0 Å². The number of aromatic nitrogens is 2. The van der Waals surface area contributed by atoms with Crippen LogP contribution in [0, 0.1) is 6.92 Å². The van der Waals surface area contributed by atoms with Crippen LogP contribution < -0.4 is 0 Å². The Labute approximate surface area is 92.9 Å². The van der Waals surface area contributed by atoms with Gasteiger partial charge in [-0.3, -0.25) is 5.10 Å². The molecule has 0 unspecified atom stereocenters. The molecule has 0 aliphatic carbocycles. The van der Waals surface area contributed by atoms with Gasteiger partial charge in [-0.2, -0.15) is 5.10 Å². The van der Waals surface area contributed by atoms with Crippen LogP contribution in [0.4, 0.5) is 0 Å². The summed E-state index contributed by atoms with van der Waals surface area (Å²) < 4.78 is 4.52. The topological polar surface area (TPSA) is 55.0 Å². The van der Waals surface area contributed by atoms with Gasteiger partial charge >= 0.3 is 5.97 Å². The number of hydrogen-bond acceptors (Lipinski definition) is 3. The Kier molecular flexibility index (Phi) is 2.72. The molecule has 1 aromatic heterocycles.